The number of anilines is 1. The number of nitrogen functional groups attached to an aromatic ring is 1. The Balaban J connectivity index is 2.75. The highest BCUT2D eigenvalue weighted by atomic mass is 19.1. The molecule has 0 saturated carbocycles. The van der Waals surface area contributed by atoms with Gasteiger partial charge in [0.1, 0.15) is 11.9 Å². The lowest BCUT2D eigenvalue weighted by atomic mass is 10.1. The summed E-state index contributed by atoms with van der Waals surface area (Å²) in [4.78, 5) is 23.0. The van der Waals surface area contributed by atoms with Crippen LogP contribution in [0, 0.1) is 5.82 Å². The first-order valence-corrected chi connectivity index (χ1v) is 6.04. The molecule has 7 heteroatoms. The summed E-state index contributed by atoms with van der Waals surface area (Å²) in [6, 6.07) is 2.72. The summed E-state index contributed by atoms with van der Waals surface area (Å²) in [5, 5.41) is 11.4. The number of carboxylic acids is 1. The standard InChI is InChI=1S/C13H17FN2O4/c1-20-7-3-6-10(13(18)19)16-12(17)8-4-2-5-9(14)11(8)15/h2,4-5,10H,3,6-7,15H2,1H3,(H,16,17)(H,18,19). The largest absolute Gasteiger partial charge is 0.480 e. The zero-order valence-electron chi connectivity index (χ0n) is 11.1. The summed E-state index contributed by atoms with van der Waals surface area (Å²) < 4.78 is 18.1. The maximum atomic E-state index is 13.2. The molecule has 1 amide bonds. The molecular weight excluding hydrogens is 267 g/mol. The van der Waals surface area contributed by atoms with E-state index in [0.29, 0.717) is 13.0 Å². The van der Waals surface area contributed by atoms with Crippen LogP contribution in [0.3, 0.4) is 0 Å². The Labute approximate surface area is 115 Å². The second kappa shape index (κ2) is 7.44. The first-order valence-electron chi connectivity index (χ1n) is 6.04. The van der Waals surface area contributed by atoms with Gasteiger partial charge in [-0.2, -0.15) is 0 Å². The van der Waals surface area contributed by atoms with E-state index in [-0.39, 0.29) is 17.7 Å². The van der Waals surface area contributed by atoms with Crippen molar-refractivity contribution in [2.75, 3.05) is 19.5 Å². The SMILES string of the molecule is COCCCC(NC(=O)c1cccc(F)c1N)C(=O)O. The van der Waals surface area contributed by atoms with Gasteiger partial charge in [0.25, 0.3) is 5.91 Å². The van der Waals surface area contributed by atoms with Gasteiger partial charge in [0.05, 0.1) is 11.3 Å². The van der Waals surface area contributed by atoms with Gasteiger partial charge < -0.3 is 20.9 Å². The van der Waals surface area contributed by atoms with Crippen molar-refractivity contribution in [2.24, 2.45) is 0 Å². The van der Waals surface area contributed by atoms with E-state index in [9.17, 15) is 14.0 Å². The molecule has 0 aliphatic carbocycles. The Kier molecular flexibility index (Phi) is 5.92. The zero-order valence-corrected chi connectivity index (χ0v) is 11.1. The molecule has 1 rings (SSSR count). The van der Waals surface area contributed by atoms with E-state index in [0.717, 1.165) is 6.07 Å². The molecule has 0 saturated heterocycles. The van der Waals surface area contributed by atoms with Crippen LogP contribution in [0.1, 0.15) is 23.2 Å². The van der Waals surface area contributed by atoms with Gasteiger partial charge in [-0.1, -0.05) is 6.07 Å². The van der Waals surface area contributed by atoms with E-state index in [2.05, 4.69) is 5.32 Å². The predicted octanol–water partition coefficient (Wildman–Crippen LogP) is 1.02. The molecule has 6 nitrogen and oxygen atoms in total. The first-order chi connectivity index (χ1) is 9.47. The average molecular weight is 284 g/mol. The normalized spacial score (nSPS) is 11.9. The number of benzene rings is 1. The molecule has 4 N–H and O–H groups in total. The summed E-state index contributed by atoms with van der Waals surface area (Å²) in [6.07, 6.45) is 0.691. The summed E-state index contributed by atoms with van der Waals surface area (Å²) in [5.41, 5.74) is 5.07. The van der Waals surface area contributed by atoms with Crippen molar-refractivity contribution >= 4 is 17.6 Å². The van der Waals surface area contributed by atoms with Crippen molar-refractivity contribution in [2.45, 2.75) is 18.9 Å². The molecule has 0 radical (unpaired) electrons. The molecule has 0 heterocycles. The Bertz CT molecular complexity index is 493. The van der Waals surface area contributed by atoms with Gasteiger partial charge in [0.15, 0.2) is 0 Å². The summed E-state index contributed by atoms with van der Waals surface area (Å²) in [5.74, 6) is -2.60. The molecule has 1 aromatic carbocycles. The molecule has 0 aliphatic heterocycles. The van der Waals surface area contributed by atoms with Crippen molar-refractivity contribution in [1.82, 2.24) is 5.32 Å². The number of para-hydroxylation sites is 1. The lowest BCUT2D eigenvalue weighted by Gasteiger charge is -2.15. The summed E-state index contributed by atoms with van der Waals surface area (Å²) in [7, 11) is 1.50. The number of carbonyl (C=O) groups excluding carboxylic acids is 1. The minimum absolute atomic E-state index is 0.0806. The number of rotatable bonds is 7. The van der Waals surface area contributed by atoms with Gasteiger partial charge in [-0.25, -0.2) is 9.18 Å². The first kappa shape index (κ1) is 15.9. The third-order valence-electron chi connectivity index (χ3n) is 2.74. The average Bonchev–Trinajstić information content (AvgIpc) is 2.40. The number of halogens is 1. The highest BCUT2D eigenvalue weighted by molar-refractivity contribution is 6.00. The number of carbonyl (C=O) groups is 2. The zero-order chi connectivity index (χ0) is 15.1. The predicted molar refractivity (Wildman–Crippen MR) is 70.8 cm³/mol. The number of aliphatic carboxylic acids is 1. The minimum atomic E-state index is -1.16. The molecular formula is C13H17FN2O4. The molecule has 0 aromatic heterocycles. The maximum Gasteiger partial charge on any atom is 0.326 e. The van der Waals surface area contributed by atoms with Gasteiger partial charge in [-0.15, -0.1) is 0 Å². The number of carboxylic acid groups (broad SMARTS) is 1. The van der Waals surface area contributed by atoms with Crippen molar-refractivity contribution in [3.63, 3.8) is 0 Å². The quantitative estimate of drug-likeness (QED) is 0.512. The highest BCUT2D eigenvalue weighted by Gasteiger charge is 2.21. The second-order valence-corrected chi connectivity index (χ2v) is 4.20. The van der Waals surface area contributed by atoms with Crippen LogP contribution in [0.25, 0.3) is 0 Å². The fourth-order valence-corrected chi connectivity index (χ4v) is 1.66. The van der Waals surface area contributed by atoms with Gasteiger partial charge in [-0.05, 0) is 25.0 Å². The van der Waals surface area contributed by atoms with E-state index in [1.165, 1.54) is 19.2 Å². The highest BCUT2D eigenvalue weighted by Crippen LogP contribution is 2.16. The fraction of sp³-hybridized carbons (Fsp3) is 0.385. The van der Waals surface area contributed by atoms with Crippen LogP contribution < -0.4 is 11.1 Å². The Morgan fingerprint density at radius 2 is 2.20 bits per heavy atom. The minimum Gasteiger partial charge on any atom is -0.480 e. The Hall–Kier alpha value is -2.15. The number of amides is 1. The number of hydrogen-bond donors (Lipinski definition) is 3. The van der Waals surface area contributed by atoms with E-state index >= 15 is 0 Å². The van der Waals surface area contributed by atoms with Gasteiger partial charge in [0.2, 0.25) is 0 Å². The van der Waals surface area contributed by atoms with Crippen molar-refractivity contribution < 1.29 is 23.8 Å². The van der Waals surface area contributed by atoms with Crippen LogP contribution in [0.5, 0.6) is 0 Å². The Morgan fingerprint density at radius 3 is 2.80 bits per heavy atom. The molecule has 0 spiro atoms. The number of hydrogen-bond acceptors (Lipinski definition) is 4. The van der Waals surface area contributed by atoms with Crippen LogP contribution in [0.15, 0.2) is 18.2 Å². The summed E-state index contributed by atoms with van der Waals surface area (Å²) in [6.45, 7) is 0.391. The second-order valence-electron chi connectivity index (χ2n) is 4.20. The fourth-order valence-electron chi connectivity index (χ4n) is 1.66. The molecule has 1 aromatic rings. The van der Waals surface area contributed by atoms with Gasteiger partial charge in [0, 0.05) is 13.7 Å². The van der Waals surface area contributed by atoms with Crippen molar-refractivity contribution in [3.8, 4) is 0 Å². The monoisotopic (exact) mass is 284 g/mol. The molecule has 0 fully saturated rings. The van der Waals surface area contributed by atoms with Crippen LogP contribution in [0.4, 0.5) is 10.1 Å². The number of nitrogens with one attached hydrogen (secondary N) is 1. The van der Waals surface area contributed by atoms with Crippen LogP contribution in [-0.2, 0) is 9.53 Å². The van der Waals surface area contributed by atoms with E-state index < -0.39 is 23.7 Å². The topological polar surface area (TPSA) is 102 Å². The van der Waals surface area contributed by atoms with Crippen LogP contribution in [0.2, 0.25) is 0 Å². The van der Waals surface area contributed by atoms with Crippen molar-refractivity contribution in [1.29, 1.82) is 0 Å². The maximum absolute atomic E-state index is 13.2. The van der Waals surface area contributed by atoms with E-state index in [4.69, 9.17) is 15.6 Å². The number of ether oxygens (including phenoxy) is 1. The number of nitrogens with two attached hydrogens (primary N) is 1. The van der Waals surface area contributed by atoms with E-state index in [1.54, 1.807) is 0 Å². The van der Waals surface area contributed by atoms with Crippen LogP contribution >= 0.6 is 0 Å². The Morgan fingerprint density at radius 1 is 1.50 bits per heavy atom. The van der Waals surface area contributed by atoms with Crippen molar-refractivity contribution in [3.05, 3.63) is 29.6 Å². The number of methoxy groups -OCH3 is 1. The third-order valence-corrected chi connectivity index (χ3v) is 2.74. The molecule has 0 bridgehead atoms. The molecule has 20 heavy (non-hydrogen) atoms. The van der Waals surface area contributed by atoms with Crippen LogP contribution in [-0.4, -0.2) is 36.7 Å². The molecule has 0 aliphatic rings. The van der Waals surface area contributed by atoms with E-state index in [1.807, 2.05) is 0 Å². The molecule has 1 unspecified atom stereocenters. The lowest BCUT2D eigenvalue weighted by Crippen LogP contribution is -2.41. The van der Waals surface area contributed by atoms with Gasteiger partial charge in [-0.3, -0.25) is 4.79 Å². The molecule has 1 atom stereocenters. The lowest BCUT2D eigenvalue weighted by molar-refractivity contribution is -0.139. The molecule has 110 valence electrons. The smallest absolute Gasteiger partial charge is 0.326 e. The summed E-state index contributed by atoms with van der Waals surface area (Å²) >= 11 is 0. The van der Waals surface area contributed by atoms with Gasteiger partial charge >= 0.3 is 5.97 Å². The third kappa shape index (κ3) is 4.20.